The number of primary amides is 1. The first kappa shape index (κ1) is 23.6. The molecular formula is C22H21BrClF2N5O2. The Morgan fingerprint density at radius 1 is 1.30 bits per heavy atom. The van der Waals surface area contributed by atoms with Gasteiger partial charge in [-0.15, -0.1) is 0 Å². The molecule has 0 aromatic carbocycles. The third-order valence-corrected chi connectivity index (χ3v) is 7.19. The molecule has 0 unspecified atom stereocenters. The summed E-state index contributed by atoms with van der Waals surface area (Å²) in [4.78, 5) is 38.6. The number of aromatic nitrogens is 3. The molecule has 3 aromatic heterocycles. The molecule has 33 heavy (non-hydrogen) atoms. The first-order valence-corrected chi connectivity index (χ1v) is 11.5. The normalized spacial score (nSPS) is 16.1. The van der Waals surface area contributed by atoms with Gasteiger partial charge in [-0.25, -0.2) is 13.8 Å². The predicted molar refractivity (Wildman–Crippen MR) is 127 cm³/mol. The van der Waals surface area contributed by atoms with Crippen LogP contribution in [0.4, 0.5) is 14.6 Å². The maximum absolute atomic E-state index is 14.0. The van der Waals surface area contributed by atoms with Crippen molar-refractivity contribution >= 4 is 50.2 Å². The number of rotatable bonds is 3. The second-order valence-corrected chi connectivity index (χ2v) is 9.29. The van der Waals surface area contributed by atoms with Crippen LogP contribution in [-0.2, 0) is 0 Å². The smallest absolute Gasteiger partial charge is 0.268 e. The van der Waals surface area contributed by atoms with E-state index in [1.165, 1.54) is 6.20 Å². The monoisotopic (exact) mass is 539 g/mol. The lowest BCUT2D eigenvalue weighted by Crippen LogP contribution is -2.28. The highest BCUT2D eigenvalue weighted by molar-refractivity contribution is 9.10. The van der Waals surface area contributed by atoms with Crippen molar-refractivity contribution in [1.82, 2.24) is 15.0 Å². The number of carbonyl (C=O) groups is 1. The zero-order valence-corrected chi connectivity index (χ0v) is 20.3. The number of nitrogens with zero attached hydrogens (tertiary/aromatic N) is 3. The van der Waals surface area contributed by atoms with E-state index in [1.54, 1.807) is 19.9 Å². The van der Waals surface area contributed by atoms with Crippen LogP contribution >= 0.6 is 27.5 Å². The van der Waals surface area contributed by atoms with Crippen LogP contribution < -0.4 is 16.1 Å². The number of aryl methyl sites for hydroxylation is 1. The van der Waals surface area contributed by atoms with Gasteiger partial charge in [0.15, 0.2) is 0 Å². The van der Waals surface area contributed by atoms with Crippen LogP contribution in [0.15, 0.2) is 21.5 Å². The van der Waals surface area contributed by atoms with Gasteiger partial charge in [-0.2, -0.15) is 0 Å². The van der Waals surface area contributed by atoms with Crippen LogP contribution in [0.1, 0.15) is 41.0 Å². The van der Waals surface area contributed by atoms with Gasteiger partial charge in [0.25, 0.3) is 5.91 Å². The van der Waals surface area contributed by atoms with Gasteiger partial charge < -0.3 is 15.6 Å². The first-order valence-electron chi connectivity index (χ1n) is 10.3. The van der Waals surface area contributed by atoms with Crippen molar-refractivity contribution in [2.75, 3.05) is 18.0 Å². The van der Waals surface area contributed by atoms with Gasteiger partial charge in [-0.3, -0.25) is 14.6 Å². The number of amides is 1. The van der Waals surface area contributed by atoms with Crippen LogP contribution in [0.3, 0.4) is 0 Å². The van der Waals surface area contributed by atoms with Gasteiger partial charge in [0.05, 0.1) is 31.8 Å². The Kier molecular flexibility index (Phi) is 6.17. The molecule has 7 nitrogen and oxygen atoms in total. The molecule has 0 radical (unpaired) electrons. The molecule has 0 atom stereocenters. The molecule has 0 bridgehead atoms. The third-order valence-electron chi connectivity index (χ3n) is 5.88. The Bertz CT molecular complexity index is 1340. The number of H-pyrrole nitrogens is 1. The lowest BCUT2D eigenvalue weighted by molar-refractivity contribution is -0.0102. The topological polar surface area (TPSA) is 105 Å². The lowest BCUT2D eigenvalue weighted by atomic mass is 10.0. The zero-order chi connectivity index (χ0) is 24.1. The van der Waals surface area contributed by atoms with Crippen LogP contribution in [-0.4, -0.2) is 39.9 Å². The number of carbonyl (C=O) groups excluding carboxylic acids is 1. The minimum atomic E-state index is -2.73. The van der Waals surface area contributed by atoms with Crippen molar-refractivity contribution in [3.63, 3.8) is 0 Å². The molecule has 4 rings (SSSR count). The number of aromatic amines is 1. The van der Waals surface area contributed by atoms with Crippen molar-refractivity contribution in [3.05, 3.63) is 48.9 Å². The van der Waals surface area contributed by atoms with E-state index in [-0.39, 0.29) is 34.9 Å². The van der Waals surface area contributed by atoms with E-state index in [0.717, 1.165) is 0 Å². The number of halogens is 4. The molecule has 3 aromatic rings. The van der Waals surface area contributed by atoms with Crippen LogP contribution in [0.2, 0.25) is 5.02 Å². The molecule has 0 aliphatic carbocycles. The highest BCUT2D eigenvalue weighted by atomic mass is 79.9. The molecule has 3 N–H and O–H groups in total. The Balaban J connectivity index is 2.00. The predicted octanol–water partition coefficient (Wildman–Crippen LogP) is 4.74. The third kappa shape index (κ3) is 4.21. The summed E-state index contributed by atoms with van der Waals surface area (Å²) in [5.74, 6) is -3.10. The highest BCUT2D eigenvalue weighted by Crippen LogP contribution is 2.41. The number of alkyl halides is 2. The van der Waals surface area contributed by atoms with Gasteiger partial charge in [-0.1, -0.05) is 11.6 Å². The number of nitrogens with two attached hydrogens (primary N) is 1. The number of hydrogen-bond acceptors (Lipinski definition) is 5. The van der Waals surface area contributed by atoms with E-state index in [9.17, 15) is 18.4 Å². The maximum atomic E-state index is 14.0. The SMILES string of the molecule is Cc1nc(N2CCCC(F)(F)CC2)c(-c2[nH]c3ccnc(C(N)=O)c3c(=O)c2Br)c(C)c1Cl. The number of pyridine rings is 3. The fraction of sp³-hybridized carbons (Fsp3) is 0.364. The van der Waals surface area contributed by atoms with Crippen molar-refractivity contribution in [3.8, 4) is 11.3 Å². The van der Waals surface area contributed by atoms with Gasteiger partial charge in [-0.05, 0) is 47.8 Å². The summed E-state index contributed by atoms with van der Waals surface area (Å²) < 4.78 is 28.2. The zero-order valence-electron chi connectivity index (χ0n) is 17.9. The number of nitrogens with one attached hydrogen (secondary N) is 1. The largest absolute Gasteiger partial charge is 0.364 e. The molecule has 4 heterocycles. The van der Waals surface area contributed by atoms with E-state index in [0.29, 0.717) is 51.8 Å². The summed E-state index contributed by atoms with van der Waals surface area (Å²) in [5.41, 5.74) is 7.24. The van der Waals surface area contributed by atoms with E-state index in [2.05, 4.69) is 30.9 Å². The number of anilines is 1. The van der Waals surface area contributed by atoms with E-state index in [4.69, 9.17) is 17.3 Å². The van der Waals surface area contributed by atoms with Gasteiger partial charge in [0.2, 0.25) is 11.4 Å². The van der Waals surface area contributed by atoms with Crippen molar-refractivity contribution in [2.45, 2.75) is 39.0 Å². The minimum absolute atomic E-state index is 0.0559. The molecule has 174 valence electrons. The second kappa shape index (κ2) is 8.64. The lowest BCUT2D eigenvalue weighted by Gasteiger charge is -2.27. The van der Waals surface area contributed by atoms with Crippen LogP contribution in [0.5, 0.6) is 0 Å². The minimum Gasteiger partial charge on any atom is -0.364 e. The summed E-state index contributed by atoms with van der Waals surface area (Å²) in [6.45, 7) is 4.04. The summed E-state index contributed by atoms with van der Waals surface area (Å²) in [5, 5.41) is 0.467. The van der Waals surface area contributed by atoms with E-state index >= 15 is 0 Å². The molecule has 1 aliphatic rings. The fourth-order valence-electron chi connectivity index (χ4n) is 4.18. The van der Waals surface area contributed by atoms with E-state index in [1.807, 2.05) is 4.90 Å². The maximum Gasteiger partial charge on any atom is 0.268 e. The van der Waals surface area contributed by atoms with Gasteiger partial charge in [0.1, 0.15) is 11.5 Å². The second-order valence-electron chi connectivity index (χ2n) is 8.12. The molecule has 1 amide bonds. The van der Waals surface area contributed by atoms with Crippen molar-refractivity contribution in [1.29, 1.82) is 0 Å². The summed E-state index contributed by atoms with van der Waals surface area (Å²) in [6, 6.07) is 1.56. The van der Waals surface area contributed by atoms with Crippen LogP contribution in [0.25, 0.3) is 22.2 Å². The Hall–Kier alpha value is -2.59. The number of hydrogen-bond donors (Lipinski definition) is 2. The van der Waals surface area contributed by atoms with E-state index < -0.39 is 17.3 Å². The highest BCUT2D eigenvalue weighted by Gasteiger charge is 2.33. The summed E-state index contributed by atoms with van der Waals surface area (Å²) in [7, 11) is 0. The molecule has 1 aliphatic heterocycles. The number of fused-ring (bicyclic) bond motifs is 1. The fourth-order valence-corrected chi connectivity index (χ4v) is 4.82. The van der Waals surface area contributed by atoms with Crippen molar-refractivity contribution < 1.29 is 13.6 Å². The molecular weight excluding hydrogens is 520 g/mol. The Morgan fingerprint density at radius 2 is 2.03 bits per heavy atom. The summed E-state index contributed by atoms with van der Waals surface area (Å²) >= 11 is 9.88. The molecule has 0 spiro atoms. The summed E-state index contributed by atoms with van der Waals surface area (Å²) in [6.07, 6.45) is 1.20. The average Bonchev–Trinajstić information content (AvgIpc) is 2.94. The molecule has 1 fully saturated rings. The Morgan fingerprint density at radius 3 is 2.73 bits per heavy atom. The van der Waals surface area contributed by atoms with Crippen LogP contribution in [0, 0.1) is 13.8 Å². The molecule has 0 saturated carbocycles. The first-order chi connectivity index (χ1) is 15.5. The van der Waals surface area contributed by atoms with Gasteiger partial charge in [0, 0.05) is 37.7 Å². The standard InChI is InChI=1S/C22H21BrClF2N5O2/c1-10-13(17-15(23)19(32)14-12(30-17)4-7-28-18(14)20(27)33)21(29-11(2)16(10)24)31-8-3-5-22(25,26)6-9-31/h4,7H,3,5-6,8-9H2,1-2H3,(H2,27,33)(H,30,32). The Labute approximate surface area is 201 Å². The average molecular weight is 541 g/mol. The molecule has 11 heteroatoms. The quantitative estimate of drug-likeness (QED) is 0.499. The molecule has 1 saturated heterocycles. The van der Waals surface area contributed by atoms with Gasteiger partial charge >= 0.3 is 0 Å². The van der Waals surface area contributed by atoms with Crippen molar-refractivity contribution in [2.24, 2.45) is 5.73 Å².